The lowest BCUT2D eigenvalue weighted by molar-refractivity contribution is -0.111. The molecular weight excluding hydrogens is 314 g/mol. The normalized spacial score (nSPS) is 19.5. The number of nitrogens with zero attached hydrogens (tertiary/aromatic N) is 1. The number of anilines is 1. The number of carbonyl (C=O) groups excluding carboxylic acids is 1. The van der Waals surface area contributed by atoms with Crippen LogP contribution in [0.4, 0.5) is 5.69 Å². The van der Waals surface area contributed by atoms with Gasteiger partial charge in [-0.3, -0.25) is 4.79 Å². The van der Waals surface area contributed by atoms with Crippen LogP contribution in [0.15, 0.2) is 41.8 Å². The molecule has 1 atom stereocenters. The van der Waals surface area contributed by atoms with Crippen LogP contribution in [-0.2, 0) is 14.8 Å². The summed E-state index contributed by atoms with van der Waals surface area (Å²) in [6.45, 7) is 9.10. The van der Waals surface area contributed by atoms with Gasteiger partial charge in [-0.2, -0.15) is 4.31 Å². The number of amides is 1. The molecule has 1 aromatic carbocycles. The Labute approximate surface area is 137 Å². The average molecular weight is 337 g/mol. The van der Waals surface area contributed by atoms with Crippen LogP contribution in [0, 0.1) is 5.92 Å². The van der Waals surface area contributed by atoms with Gasteiger partial charge in [0.05, 0.1) is 4.90 Å². The largest absolute Gasteiger partial charge is 0.323 e. The van der Waals surface area contributed by atoms with E-state index in [2.05, 4.69) is 31.1 Å². The average Bonchev–Trinajstić information content (AvgIpc) is 2.55. The molecule has 1 aromatic rings. The standard InChI is InChI=1S/C16H23N3O3S/c1-4-16(20)18-13-5-7-14(8-6-13)23(21,22)19-10-9-17-15(11-19)12(2)3/h4-8,12,15,17H,1,9-11H2,2-3H3,(H,18,20). The third-order valence-corrected chi connectivity index (χ3v) is 5.80. The number of sulfonamides is 1. The number of carbonyl (C=O) groups is 1. The molecular formula is C16H23N3O3S. The van der Waals surface area contributed by atoms with E-state index < -0.39 is 10.0 Å². The van der Waals surface area contributed by atoms with Gasteiger partial charge in [-0.05, 0) is 36.3 Å². The van der Waals surface area contributed by atoms with Gasteiger partial charge in [0.25, 0.3) is 0 Å². The van der Waals surface area contributed by atoms with E-state index in [1.165, 1.54) is 16.4 Å². The fourth-order valence-electron chi connectivity index (χ4n) is 2.47. The van der Waals surface area contributed by atoms with Crippen molar-refractivity contribution in [3.8, 4) is 0 Å². The Balaban J connectivity index is 2.15. The van der Waals surface area contributed by atoms with Crippen molar-refractivity contribution in [3.05, 3.63) is 36.9 Å². The molecule has 1 saturated heterocycles. The van der Waals surface area contributed by atoms with Crippen LogP contribution in [0.5, 0.6) is 0 Å². The first-order valence-electron chi connectivity index (χ1n) is 7.61. The molecule has 0 bridgehead atoms. The summed E-state index contributed by atoms with van der Waals surface area (Å²) in [4.78, 5) is 11.5. The molecule has 1 aliphatic rings. The maximum absolute atomic E-state index is 12.7. The van der Waals surface area contributed by atoms with Gasteiger partial charge in [-0.25, -0.2) is 8.42 Å². The summed E-state index contributed by atoms with van der Waals surface area (Å²) in [5.74, 6) is 0.0342. The molecule has 23 heavy (non-hydrogen) atoms. The first-order valence-corrected chi connectivity index (χ1v) is 9.05. The highest BCUT2D eigenvalue weighted by atomic mass is 32.2. The number of hydrogen-bond donors (Lipinski definition) is 2. The van der Waals surface area contributed by atoms with Gasteiger partial charge in [0, 0.05) is 31.4 Å². The number of benzene rings is 1. The highest BCUT2D eigenvalue weighted by Crippen LogP contribution is 2.21. The fraction of sp³-hybridized carbons (Fsp3) is 0.438. The van der Waals surface area contributed by atoms with Gasteiger partial charge >= 0.3 is 0 Å². The predicted molar refractivity (Wildman–Crippen MR) is 90.7 cm³/mol. The summed E-state index contributed by atoms with van der Waals surface area (Å²) in [5, 5.41) is 5.94. The Bertz CT molecular complexity index is 668. The minimum absolute atomic E-state index is 0.157. The highest BCUT2D eigenvalue weighted by molar-refractivity contribution is 7.89. The molecule has 0 aliphatic carbocycles. The Morgan fingerprint density at radius 3 is 2.61 bits per heavy atom. The van der Waals surface area contributed by atoms with Gasteiger partial charge in [-0.15, -0.1) is 0 Å². The quantitative estimate of drug-likeness (QED) is 0.797. The minimum atomic E-state index is -3.52. The Kier molecular flexibility index (Phi) is 5.56. The second-order valence-corrected chi connectivity index (χ2v) is 7.82. The molecule has 2 N–H and O–H groups in total. The van der Waals surface area contributed by atoms with Crippen LogP contribution in [0.2, 0.25) is 0 Å². The van der Waals surface area contributed by atoms with E-state index in [-0.39, 0.29) is 16.8 Å². The van der Waals surface area contributed by atoms with E-state index in [0.717, 1.165) is 6.08 Å². The topological polar surface area (TPSA) is 78.5 Å². The summed E-state index contributed by atoms with van der Waals surface area (Å²) in [5.41, 5.74) is 0.536. The zero-order valence-electron chi connectivity index (χ0n) is 13.5. The van der Waals surface area contributed by atoms with Crippen molar-refractivity contribution in [3.63, 3.8) is 0 Å². The summed E-state index contributed by atoms with van der Waals surface area (Å²) in [7, 11) is -3.52. The summed E-state index contributed by atoms with van der Waals surface area (Å²) < 4.78 is 27.0. The number of nitrogens with one attached hydrogen (secondary N) is 2. The Morgan fingerprint density at radius 1 is 1.39 bits per heavy atom. The Hall–Kier alpha value is -1.70. The number of rotatable bonds is 5. The second-order valence-electron chi connectivity index (χ2n) is 5.89. The van der Waals surface area contributed by atoms with Gasteiger partial charge in [0.15, 0.2) is 0 Å². The predicted octanol–water partition coefficient (Wildman–Crippen LogP) is 1.43. The second kappa shape index (κ2) is 7.25. The highest BCUT2D eigenvalue weighted by Gasteiger charge is 2.31. The van der Waals surface area contributed by atoms with Crippen molar-refractivity contribution >= 4 is 21.6 Å². The number of hydrogen-bond acceptors (Lipinski definition) is 4. The molecule has 1 heterocycles. The van der Waals surface area contributed by atoms with Crippen LogP contribution in [-0.4, -0.2) is 44.3 Å². The van der Waals surface area contributed by atoms with Crippen LogP contribution in [0.1, 0.15) is 13.8 Å². The molecule has 7 heteroatoms. The molecule has 1 fully saturated rings. The van der Waals surface area contributed by atoms with Crippen molar-refractivity contribution in [2.45, 2.75) is 24.8 Å². The van der Waals surface area contributed by atoms with E-state index in [9.17, 15) is 13.2 Å². The maximum atomic E-state index is 12.7. The molecule has 1 unspecified atom stereocenters. The van der Waals surface area contributed by atoms with E-state index in [4.69, 9.17) is 0 Å². The van der Waals surface area contributed by atoms with Gasteiger partial charge in [0.1, 0.15) is 0 Å². The molecule has 0 spiro atoms. The Morgan fingerprint density at radius 2 is 2.04 bits per heavy atom. The monoisotopic (exact) mass is 337 g/mol. The van der Waals surface area contributed by atoms with Gasteiger partial charge in [-0.1, -0.05) is 20.4 Å². The fourth-order valence-corrected chi connectivity index (χ4v) is 3.93. The van der Waals surface area contributed by atoms with Gasteiger partial charge < -0.3 is 10.6 Å². The first-order chi connectivity index (χ1) is 10.8. The zero-order chi connectivity index (χ0) is 17.0. The summed E-state index contributed by atoms with van der Waals surface area (Å²) >= 11 is 0. The molecule has 6 nitrogen and oxygen atoms in total. The molecule has 1 aliphatic heterocycles. The van der Waals surface area contributed by atoms with E-state index in [1.807, 2.05) is 0 Å². The van der Waals surface area contributed by atoms with E-state index >= 15 is 0 Å². The molecule has 126 valence electrons. The smallest absolute Gasteiger partial charge is 0.247 e. The van der Waals surface area contributed by atoms with E-state index in [0.29, 0.717) is 31.2 Å². The van der Waals surface area contributed by atoms with E-state index in [1.54, 1.807) is 12.1 Å². The third kappa shape index (κ3) is 4.19. The zero-order valence-corrected chi connectivity index (χ0v) is 14.3. The van der Waals surface area contributed by atoms with Crippen LogP contribution < -0.4 is 10.6 Å². The van der Waals surface area contributed by atoms with Crippen LogP contribution in [0.3, 0.4) is 0 Å². The molecule has 1 amide bonds. The first kappa shape index (κ1) is 17.7. The lowest BCUT2D eigenvalue weighted by Crippen LogP contribution is -2.54. The minimum Gasteiger partial charge on any atom is -0.323 e. The van der Waals surface area contributed by atoms with Crippen molar-refractivity contribution in [1.82, 2.24) is 9.62 Å². The maximum Gasteiger partial charge on any atom is 0.247 e. The van der Waals surface area contributed by atoms with Crippen LogP contribution in [0.25, 0.3) is 0 Å². The summed E-state index contributed by atoms with van der Waals surface area (Å²) in [6.07, 6.45) is 1.16. The van der Waals surface area contributed by atoms with Crippen molar-refractivity contribution in [1.29, 1.82) is 0 Å². The molecule has 2 rings (SSSR count). The SMILES string of the molecule is C=CC(=O)Nc1ccc(S(=O)(=O)N2CCNC(C(C)C)C2)cc1. The molecule has 0 aromatic heterocycles. The summed E-state index contributed by atoms with van der Waals surface area (Å²) in [6, 6.07) is 6.35. The lowest BCUT2D eigenvalue weighted by atomic mass is 10.0. The van der Waals surface area contributed by atoms with Crippen molar-refractivity contribution in [2.24, 2.45) is 5.92 Å². The molecule has 0 radical (unpaired) electrons. The lowest BCUT2D eigenvalue weighted by Gasteiger charge is -2.34. The van der Waals surface area contributed by atoms with Gasteiger partial charge in [0.2, 0.25) is 15.9 Å². The van der Waals surface area contributed by atoms with Crippen molar-refractivity contribution in [2.75, 3.05) is 25.0 Å². The number of piperazine rings is 1. The van der Waals surface area contributed by atoms with Crippen molar-refractivity contribution < 1.29 is 13.2 Å². The van der Waals surface area contributed by atoms with Crippen LogP contribution >= 0.6 is 0 Å². The molecule has 0 saturated carbocycles. The third-order valence-electron chi connectivity index (χ3n) is 3.92.